The molecule has 47 heavy (non-hydrogen) atoms. The molecule has 270 valence electrons. The van der Waals surface area contributed by atoms with Crippen LogP contribution in [0.15, 0.2) is 23.8 Å². The normalized spacial score (nSPS) is 32.6. The van der Waals surface area contributed by atoms with E-state index in [-0.39, 0.29) is 12.1 Å². The van der Waals surface area contributed by atoms with Crippen molar-refractivity contribution in [2.75, 3.05) is 0 Å². The van der Waals surface area contributed by atoms with Gasteiger partial charge in [0.1, 0.15) is 6.10 Å². The Kier molecular flexibility index (Phi) is 16.0. The molecular weight excluding hydrogens is 572 g/mol. The number of hydrogen-bond donors (Lipinski definition) is 0. The van der Waals surface area contributed by atoms with Crippen molar-refractivity contribution in [3.63, 3.8) is 0 Å². The molecule has 0 unspecified atom stereocenters. The van der Waals surface area contributed by atoms with Crippen molar-refractivity contribution < 1.29 is 9.53 Å². The monoisotopic (exact) mass is 651 g/mol. The first-order valence-electron chi connectivity index (χ1n) is 21.2. The van der Waals surface area contributed by atoms with Crippen LogP contribution in [-0.2, 0) is 9.53 Å². The number of hydrogen-bond acceptors (Lipinski definition) is 2. The van der Waals surface area contributed by atoms with Gasteiger partial charge in [0.25, 0.3) is 0 Å². The zero-order chi connectivity index (χ0) is 33.7. The van der Waals surface area contributed by atoms with E-state index >= 15 is 0 Å². The van der Waals surface area contributed by atoms with Gasteiger partial charge in [0.05, 0.1) is 0 Å². The summed E-state index contributed by atoms with van der Waals surface area (Å²) in [7, 11) is 0. The predicted molar refractivity (Wildman–Crippen MR) is 202 cm³/mol. The maximum absolute atomic E-state index is 12.8. The molecule has 2 heteroatoms. The molecule has 0 aromatic heterocycles. The van der Waals surface area contributed by atoms with Gasteiger partial charge in [-0.15, -0.1) is 0 Å². The van der Waals surface area contributed by atoms with Crippen molar-refractivity contribution in [1.29, 1.82) is 0 Å². The molecule has 4 rings (SSSR count). The highest BCUT2D eigenvalue weighted by Gasteiger charge is 2.59. The average molecular weight is 651 g/mol. The molecule has 8 atom stereocenters. The van der Waals surface area contributed by atoms with Crippen LogP contribution in [0.25, 0.3) is 0 Å². The van der Waals surface area contributed by atoms with Crippen LogP contribution < -0.4 is 0 Å². The molecule has 3 fully saturated rings. The van der Waals surface area contributed by atoms with Crippen molar-refractivity contribution >= 4 is 5.97 Å². The molecule has 4 aliphatic carbocycles. The van der Waals surface area contributed by atoms with E-state index in [4.69, 9.17) is 4.74 Å². The van der Waals surface area contributed by atoms with Gasteiger partial charge in [0.15, 0.2) is 0 Å². The molecule has 3 saturated carbocycles. The van der Waals surface area contributed by atoms with E-state index in [2.05, 4.69) is 59.8 Å². The number of carbonyl (C=O) groups excluding carboxylic acids is 1. The Morgan fingerprint density at radius 2 is 1.49 bits per heavy atom. The van der Waals surface area contributed by atoms with Crippen molar-refractivity contribution in [3.8, 4) is 0 Å². The number of carbonyl (C=O) groups is 1. The maximum Gasteiger partial charge on any atom is 0.306 e. The number of rotatable bonds is 21. The lowest BCUT2D eigenvalue weighted by atomic mass is 9.47. The van der Waals surface area contributed by atoms with E-state index in [0.29, 0.717) is 17.3 Å². The van der Waals surface area contributed by atoms with Crippen LogP contribution in [-0.4, -0.2) is 12.1 Å². The van der Waals surface area contributed by atoms with Crippen LogP contribution in [0.3, 0.4) is 0 Å². The second-order valence-electron chi connectivity index (χ2n) is 18.0. The molecule has 0 heterocycles. The minimum atomic E-state index is 0.0541. The zero-order valence-electron chi connectivity index (χ0n) is 32.3. The fourth-order valence-electron chi connectivity index (χ4n) is 11.3. The predicted octanol–water partition coefficient (Wildman–Crippen LogP) is 14.0. The standard InChI is InChI=1S/C45H78O2/c1-7-8-9-10-11-12-13-14-15-16-17-18-19-20-21-25-43(46)47-38-30-32-44(5)37(34-38)26-27-39-41-29-28-40(36(4)24-22-23-35(2)3)45(41,6)33-31-42(39)44/h14-15,26,35-36,38-42H,7-13,16-25,27-34H2,1-6H3/b15-14+/t36-,38-,39+,40-,41+,42+,44-,45+/m0/s1. The molecule has 0 aliphatic heterocycles. The van der Waals surface area contributed by atoms with E-state index in [1.165, 1.54) is 128 Å². The topological polar surface area (TPSA) is 26.3 Å². The van der Waals surface area contributed by atoms with Crippen LogP contribution in [0.1, 0.15) is 202 Å². The third kappa shape index (κ3) is 10.7. The Morgan fingerprint density at radius 1 is 0.809 bits per heavy atom. The van der Waals surface area contributed by atoms with Crippen LogP contribution in [0.5, 0.6) is 0 Å². The lowest BCUT2D eigenvalue weighted by Gasteiger charge is -2.58. The zero-order valence-corrected chi connectivity index (χ0v) is 32.3. The lowest BCUT2D eigenvalue weighted by molar-refractivity contribution is -0.151. The number of unbranched alkanes of at least 4 members (excludes halogenated alkanes) is 11. The van der Waals surface area contributed by atoms with Gasteiger partial charge in [-0.25, -0.2) is 0 Å². The minimum Gasteiger partial charge on any atom is -0.462 e. The fourth-order valence-corrected chi connectivity index (χ4v) is 11.3. The van der Waals surface area contributed by atoms with Crippen molar-refractivity contribution in [2.45, 2.75) is 208 Å². The number of esters is 1. The Morgan fingerprint density at radius 3 is 2.19 bits per heavy atom. The van der Waals surface area contributed by atoms with Gasteiger partial charge in [-0.1, -0.05) is 136 Å². The maximum atomic E-state index is 12.8. The first-order chi connectivity index (χ1) is 22.7. The van der Waals surface area contributed by atoms with Crippen LogP contribution >= 0.6 is 0 Å². The molecule has 2 nitrogen and oxygen atoms in total. The van der Waals surface area contributed by atoms with Crippen LogP contribution in [0.4, 0.5) is 0 Å². The largest absolute Gasteiger partial charge is 0.462 e. The Balaban J connectivity index is 1.12. The van der Waals surface area contributed by atoms with Gasteiger partial charge in [-0.05, 0) is 123 Å². The van der Waals surface area contributed by atoms with E-state index in [1.54, 1.807) is 5.57 Å². The Labute approximate surface area is 293 Å². The Hall–Kier alpha value is -1.05. The average Bonchev–Trinajstić information content (AvgIpc) is 3.40. The number of allylic oxidation sites excluding steroid dienone is 3. The number of fused-ring (bicyclic) bond motifs is 5. The summed E-state index contributed by atoms with van der Waals surface area (Å²) in [6.45, 7) is 14.9. The summed E-state index contributed by atoms with van der Waals surface area (Å²) in [6.07, 6.45) is 39.5. The van der Waals surface area contributed by atoms with Crippen molar-refractivity contribution in [3.05, 3.63) is 23.8 Å². The van der Waals surface area contributed by atoms with E-state index in [0.717, 1.165) is 61.2 Å². The number of ether oxygens (including phenoxy) is 1. The third-order valence-electron chi connectivity index (χ3n) is 14.2. The van der Waals surface area contributed by atoms with Gasteiger partial charge >= 0.3 is 5.97 Å². The molecule has 0 saturated heterocycles. The smallest absolute Gasteiger partial charge is 0.306 e. The molecule has 0 aromatic rings. The minimum absolute atomic E-state index is 0.0541. The molecular formula is C45H78O2. The van der Waals surface area contributed by atoms with E-state index in [9.17, 15) is 4.79 Å². The summed E-state index contributed by atoms with van der Waals surface area (Å²) >= 11 is 0. The summed E-state index contributed by atoms with van der Waals surface area (Å²) in [4.78, 5) is 12.8. The summed E-state index contributed by atoms with van der Waals surface area (Å²) in [5.41, 5.74) is 2.53. The summed E-state index contributed by atoms with van der Waals surface area (Å²) < 4.78 is 6.12. The molecule has 0 amide bonds. The highest BCUT2D eigenvalue weighted by molar-refractivity contribution is 5.69. The second-order valence-corrected chi connectivity index (χ2v) is 18.0. The lowest BCUT2D eigenvalue weighted by Crippen LogP contribution is -2.51. The van der Waals surface area contributed by atoms with Gasteiger partial charge in [-0.2, -0.15) is 0 Å². The molecule has 4 aliphatic rings. The van der Waals surface area contributed by atoms with Gasteiger partial charge in [0, 0.05) is 12.8 Å². The van der Waals surface area contributed by atoms with E-state index in [1.807, 2.05) is 0 Å². The quantitative estimate of drug-likeness (QED) is 0.0702. The molecule has 0 N–H and O–H groups in total. The fraction of sp³-hybridized carbons (Fsp3) is 0.889. The molecule has 0 bridgehead atoms. The first kappa shape index (κ1) is 38.7. The highest BCUT2D eigenvalue weighted by Crippen LogP contribution is 2.67. The molecule has 0 spiro atoms. The third-order valence-corrected chi connectivity index (χ3v) is 14.2. The molecule has 0 radical (unpaired) electrons. The van der Waals surface area contributed by atoms with Gasteiger partial charge < -0.3 is 4.74 Å². The van der Waals surface area contributed by atoms with Crippen molar-refractivity contribution in [1.82, 2.24) is 0 Å². The van der Waals surface area contributed by atoms with E-state index < -0.39 is 0 Å². The first-order valence-corrected chi connectivity index (χ1v) is 21.2. The highest BCUT2D eigenvalue weighted by atomic mass is 16.5. The van der Waals surface area contributed by atoms with Crippen LogP contribution in [0.2, 0.25) is 0 Å². The van der Waals surface area contributed by atoms with Gasteiger partial charge in [-0.3, -0.25) is 4.79 Å². The summed E-state index contributed by atoms with van der Waals surface area (Å²) in [5.74, 6) is 5.31. The molecule has 0 aromatic carbocycles. The van der Waals surface area contributed by atoms with Crippen molar-refractivity contribution in [2.24, 2.45) is 46.3 Å². The Bertz CT molecular complexity index is 976. The van der Waals surface area contributed by atoms with Crippen LogP contribution in [0, 0.1) is 46.3 Å². The summed E-state index contributed by atoms with van der Waals surface area (Å²) in [6, 6.07) is 0. The van der Waals surface area contributed by atoms with Gasteiger partial charge in [0.2, 0.25) is 0 Å². The summed E-state index contributed by atoms with van der Waals surface area (Å²) in [5, 5.41) is 0. The second kappa shape index (κ2) is 19.4. The SMILES string of the molecule is CCCCCCCC/C=C/CCCCCCCC(=O)O[C@H]1CC[C@@]2(C)C(=CC[C@@H]3[C@H]4CC[C@@H]([C@@H](C)CCCC(C)C)[C@@]4(C)CC[C@H]32)C1.